The molecule has 0 bridgehead atoms. The number of amides is 1. The first kappa shape index (κ1) is 15.6. The maximum absolute atomic E-state index is 12.8. The van der Waals surface area contributed by atoms with E-state index in [9.17, 15) is 9.59 Å². The molecule has 1 unspecified atom stereocenters. The first-order valence-corrected chi connectivity index (χ1v) is 8.51. The number of benzene rings is 2. The van der Waals surface area contributed by atoms with E-state index in [2.05, 4.69) is 23.0 Å². The van der Waals surface area contributed by atoms with Crippen molar-refractivity contribution in [2.75, 3.05) is 4.90 Å². The fourth-order valence-corrected chi connectivity index (χ4v) is 3.53. The molecule has 0 saturated heterocycles. The average molecular weight is 333 g/mol. The van der Waals surface area contributed by atoms with Crippen LogP contribution in [-0.2, 0) is 17.6 Å². The fraction of sp³-hybridized carbons (Fsp3) is 0.250. The lowest BCUT2D eigenvalue weighted by Gasteiger charge is -2.22. The van der Waals surface area contributed by atoms with Gasteiger partial charge in [0.2, 0.25) is 5.91 Å². The van der Waals surface area contributed by atoms with Crippen molar-refractivity contribution in [3.63, 3.8) is 0 Å². The summed E-state index contributed by atoms with van der Waals surface area (Å²) >= 11 is 0. The number of carbonyl (C=O) groups is 1. The summed E-state index contributed by atoms with van der Waals surface area (Å²) in [5.41, 5.74) is 3.83. The van der Waals surface area contributed by atoms with E-state index in [1.165, 1.54) is 5.56 Å². The molecule has 0 aliphatic carbocycles. The Bertz CT molecular complexity index is 1010. The summed E-state index contributed by atoms with van der Waals surface area (Å²) in [6, 6.07) is 15.6. The van der Waals surface area contributed by atoms with Crippen molar-refractivity contribution < 1.29 is 4.79 Å². The maximum atomic E-state index is 12.8. The van der Waals surface area contributed by atoms with Crippen LogP contribution < -0.4 is 10.5 Å². The predicted octanol–water partition coefficient (Wildman–Crippen LogP) is 2.83. The maximum Gasteiger partial charge on any atom is 0.270 e. The van der Waals surface area contributed by atoms with Crippen molar-refractivity contribution in [3.8, 4) is 0 Å². The number of H-pyrrole nitrogens is 1. The number of nitrogens with zero attached hydrogens (tertiary/aromatic N) is 2. The van der Waals surface area contributed by atoms with Crippen LogP contribution in [0.15, 0.2) is 53.3 Å². The van der Waals surface area contributed by atoms with Crippen LogP contribution in [0.2, 0.25) is 0 Å². The lowest BCUT2D eigenvalue weighted by molar-refractivity contribution is -0.118. The van der Waals surface area contributed by atoms with E-state index in [4.69, 9.17) is 0 Å². The minimum atomic E-state index is -0.221. The van der Waals surface area contributed by atoms with Gasteiger partial charge >= 0.3 is 0 Å². The summed E-state index contributed by atoms with van der Waals surface area (Å²) < 4.78 is 0. The quantitative estimate of drug-likeness (QED) is 0.801. The van der Waals surface area contributed by atoms with Crippen LogP contribution in [0.4, 0.5) is 5.69 Å². The van der Waals surface area contributed by atoms with Crippen LogP contribution in [0, 0.1) is 0 Å². The van der Waals surface area contributed by atoms with E-state index >= 15 is 0 Å². The second kappa shape index (κ2) is 6.16. The molecule has 0 saturated carbocycles. The Morgan fingerprint density at radius 2 is 1.96 bits per heavy atom. The zero-order valence-corrected chi connectivity index (χ0v) is 14.0. The monoisotopic (exact) mass is 333 g/mol. The van der Waals surface area contributed by atoms with Gasteiger partial charge in [0.05, 0.1) is 11.0 Å². The SMILES string of the molecule is CC1Cc2ccccc2N1C(=O)CCc1nc2ccccc2[nH]c1=O. The zero-order chi connectivity index (χ0) is 17.4. The Morgan fingerprint density at radius 1 is 1.20 bits per heavy atom. The van der Waals surface area contributed by atoms with Crippen molar-refractivity contribution in [2.45, 2.75) is 32.2 Å². The van der Waals surface area contributed by atoms with E-state index in [1.54, 1.807) is 0 Å². The molecule has 25 heavy (non-hydrogen) atoms. The van der Waals surface area contributed by atoms with Gasteiger partial charge in [0.1, 0.15) is 5.69 Å². The molecule has 5 nitrogen and oxygen atoms in total. The number of aromatic amines is 1. The number of carbonyl (C=O) groups excluding carboxylic acids is 1. The average Bonchev–Trinajstić information content (AvgIpc) is 2.95. The molecule has 5 heteroatoms. The third kappa shape index (κ3) is 2.82. The van der Waals surface area contributed by atoms with E-state index in [0.29, 0.717) is 17.6 Å². The summed E-state index contributed by atoms with van der Waals surface area (Å²) in [4.78, 5) is 34.0. The molecule has 0 fully saturated rings. The number of hydrogen-bond donors (Lipinski definition) is 1. The topological polar surface area (TPSA) is 66.1 Å². The van der Waals surface area contributed by atoms with E-state index in [0.717, 1.165) is 17.6 Å². The number of para-hydroxylation sites is 3. The van der Waals surface area contributed by atoms with Crippen molar-refractivity contribution in [1.29, 1.82) is 0 Å². The predicted molar refractivity (Wildman–Crippen MR) is 97.8 cm³/mol. The molecular weight excluding hydrogens is 314 g/mol. The summed E-state index contributed by atoms with van der Waals surface area (Å²) in [5, 5.41) is 0. The van der Waals surface area contributed by atoms with Gasteiger partial charge < -0.3 is 9.88 Å². The number of hydrogen-bond acceptors (Lipinski definition) is 3. The van der Waals surface area contributed by atoms with Gasteiger partial charge in [-0.2, -0.15) is 0 Å². The molecule has 1 aliphatic rings. The van der Waals surface area contributed by atoms with Crippen LogP contribution in [0.25, 0.3) is 11.0 Å². The first-order chi connectivity index (χ1) is 12.1. The van der Waals surface area contributed by atoms with Gasteiger partial charge in [-0.05, 0) is 37.1 Å². The third-order valence-electron chi connectivity index (χ3n) is 4.72. The molecule has 2 heterocycles. The van der Waals surface area contributed by atoms with Gasteiger partial charge in [-0.15, -0.1) is 0 Å². The highest BCUT2D eigenvalue weighted by Gasteiger charge is 2.30. The lowest BCUT2D eigenvalue weighted by atomic mass is 10.1. The highest BCUT2D eigenvalue weighted by atomic mass is 16.2. The van der Waals surface area contributed by atoms with Gasteiger partial charge in [-0.25, -0.2) is 4.98 Å². The second-order valence-electron chi connectivity index (χ2n) is 6.48. The smallest absolute Gasteiger partial charge is 0.270 e. The van der Waals surface area contributed by atoms with Gasteiger partial charge in [-0.1, -0.05) is 30.3 Å². The van der Waals surface area contributed by atoms with Crippen molar-refractivity contribution in [3.05, 3.63) is 70.1 Å². The van der Waals surface area contributed by atoms with Gasteiger partial charge in [-0.3, -0.25) is 9.59 Å². The number of aryl methyl sites for hydroxylation is 1. The molecule has 1 atom stereocenters. The molecule has 1 aliphatic heterocycles. The second-order valence-corrected chi connectivity index (χ2v) is 6.48. The number of fused-ring (bicyclic) bond motifs is 2. The van der Waals surface area contributed by atoms with Crippen LogP contribution in [0.5, 0.6) is 0 Å². The Hall–Kier alpha value is -2.95. The highest BCUT2D eigenvalue weighted by molar-refractivity contribution is 5.96. The summed E-state index contributed by atoms with van der Waals surface area (Å²) in [7, 11) is 0. The standard InChI is InChI=1S/C20H19N3O2/c1-13-12-14-6-2-5-9-18(14)23(13)19(24)11-10-17-20(25)22-16-8-4-3-7-15(16)21-17/h2-9,13H,10-12H2,1H3,(H,22,25). The van der Waals surface area contributed by atoms with Crippen LogP contribution in [-0.4, -0.2) is 21.9 Å². The normalized spacial score (nSPS) is 16.2. The zero-order valence-electron chi connectivity index (χ0n) is 14.0. The minimum Gasteiger partial charge on any atom is -0.319 e. The third-order valence-corrected chi connectivity index (χ3v) is 4.72. The molecule has 0 spiro atoms. The summed E-state index contributed by atoms with van der Waals surface area (Å²) in [6.07, 6.45) is 1.48. The van der Waals surface area contributed by atoms with E-state index in [1.807, 2.05) is 47.4 Å². The number of nitrogens with one attached hydrogen (secondary N) is 1. The van der Waals surface area contributed by atoms with E-state index < -0.39 is 0 Å². The molecule has 1 aromatic heterocycles. The Morgan fingerprint density at radius 3 is 2.84 bits per heavy atom. The molecule has 1 amide bonds. The van der Waals surface area contributed by atoms with Crippen LogP contribution in [0.3, 0.4) is 0 Å². The minimum absolute atomic E-state index is 0.0341. The van der Waals surface area contributed by atoms with Gasteiger partial charge in [0.25, 0.3) is 5.56 Å². The molecular formula is C20H19N3O2. The molecule has 2 aromatic carbocycles. The van der Waals surface area contributed by atoms with Crippen LogP contribution in [0.1, 0.15) is 24.6 Å². The highest BCUT2D eigenvalue weighted by Crippen LogP contribution is 2.32. The van der Waals surface area contributed by atoms with E-state index in [-0.39, 0.29) is 23.9 Å². The molecule has 126 valence electrons. The number of rotatable bonds is 3. The fourth-order valence-electron chi connectivity index (χ4n) is 3.53. The summed E-state index contributed by atoms with van der Waals surface area (Å²) in [6.45, 7) is 2.05. The van der Waals surface area contributed by atoms with Crippen LogP contribution >= 0.6 is 0 Å². The Kier molecular flexibility index (Phi) is 3.84. The number of anilines is 1. The molecule has 1 N–H and O–H groups in total. The van der Waals surface area contributed by atoms with Gasteiger partial charge in [0, 0.05) is 24.6 Å². The molecule has 0 radical (unpaired) electrons. The van der Waals surface area contributed by atoms with Crippen molar-refractivity contribution in [1.82, 2.24) is 9.97 Å². The van der Waals surface area contributed by atoms with Crippen molar-refractivity contribution >= 4 is 22.6 Å². The number of aromatic nitrogens is 2. The molecule has 3 aromatic rings. The summed E-state index contributed by atoms with van der Waals surface area (Å²) in [5.74, 6) is 0.0341. The van der Waals surface area contributed by atoms with Gasteiger partial charge in [0.15, 0.2) is 0 Å². The first-order valence-electron chi connectivity index (χ1n) is 8.51. The largest absolute Gasteiger partial charge is 0.319 e. The van der Waals surface area contributed by atoms with Crippen molar-refractivity contribution in [2.24, 2.45) is 0 Å². The Labute approximate surface area is 145 Å². The Balaban J connectivity index is 1.55. The molecule has 4 rings (SSSR count). The lowest BCUT2D eigenvalue weighted by Crippen LogP contribution is -2.36.